The first-order chi connectivity index (χ1) is 16.0. The number of nitrogens with one attached hydrogen (secondary N) is 1. The Morgan fingerprint density at radius 3 is 2.30 bits per heavy atom. The van der Waals surface area contributed by atoms with Gasteiger partial charge in [0, 0.05) is 18.7 Å². The van der Waals surface area contributed by atoms with Crippen LogP contribution in [0.2, 0.25) is 0 Å². The molecular weight excluding hydrogens is 440 g/mol. The van der Waals surface area contributed by atoms with Gasteiger partial charge in [0.1, 0.15) is 11.2 Å². The van der Waals surface area contributed by atoms with Crippen molar-refractivity contribution in [3.05, 3.63) is 104 Å². The molecule has 33 heavy (non-hydrogen) atoms. The molecule has 0 atom stereocenters. The molecule has 2 aromatic heterocycles. The second-order valence-electron chi connectivity index (χ2n) is 7.34. The van der Waals surface area contributed by atoms with Crippen LogP contribution in [0, 0.1) is 0 Å². The van der Waals surface area contributed by atoms with E-state index in [0.29, 0.717) is 28.8 Å². The Hall–Kier alpha value is -3.98. The van der Waals surface area contributed by atoms with Gasteiger partial charge in [-0.2, -0.15) is 4.68 Å². The molecule has 0 saturated heterocycles. The number of fused-ring (bicyclic) bond motifs is 1. The van der Waals surface area contributed by atoms with Crippen molar-refractivity contribution in [3.8, 4) is 0 Å². The molecule has 8 nitrogen and oxygen atoms in total. The van der Waals surface area contributed by atoms with Gasteiger partial charge in [-0.1, -0.05) is 48.5 Å². The Kier molecular flexibility index (Phi) is 6.50. The first-order valence-electron chi connectivity index (χ1n) is 10.4. The van der Waals surface area contributed by atoms with Gasteiger partial charge in [0.15, 0.2) is 0 Å². The highest BCUT2D eigenvalue weighted by Crippen LogP contribution is 2.15. The van der Waals surface area contributed by atoms with Crippen molar-refractivity contribution < 1.29 is 9.59 Å². The van der Waals surface area contributed by atoms with Crippen molar-refractivity contribution in [2.75, 3.05) is 12.0 Å². The van der Waals surface area contributed by atoms with E-state index in [0.717, 1.165) is 16.9 Å². The SMILES string of the molecule is CCN(Cc1ccccc1)C(=O)Cn1c(=O)n(NC(=O)c2ccccc2)c(=O)c2sccc21. The predicted molar refractivity (Wildman–Crippen MR) is 128 cm³/mol. The molecule has 9 heteroatoms. The molecule has 0 bridgehead atoms. The van der Waals surface area contributed by atoms with E-state index >= 15 is 0 Å². The molecule has 0 fully saturated rings. The minimum absolute atomic E-state index is 0.256. The first-order valence-corrected chi connectivity index (χ1v) is 11.3. The average Bonchev–Trinajstić information content (AvgIpc) is 3.34. The summed E-state index contributed by atoms with van der Waals surface area (Å²) < 4.78 is 2.19. The fourth-order valence-electron chi connectivity index (χ4n) is 3.51. The minimum Gasteiger partial charge on any atom is -0.337 e. The van der Waals surface area contributed by atoms with Crippen LogP contribution in [-0.2, 0) is 17.9 Å². The third-order valence-corrected chi connectivity index (χ3v) is 6.14. The minimum atomic E-state index is -0.778. The predicted octanol–water partition coefficient (Wildman–Crippen LogP) is 2.66. The fourth-order valence-corrected chi connectivity index (χ4v) is 4.33. The zero-order valence-corrected chi connectivity index (χ0v) is 18.7. The third-order valence-electron chi connectivity index (χ3n) is 5.25. The molecule has 4 aromatic rings. The van der Waals surface area contributed by atoms with Crippen molar-refractivity contribution in [1.82, 2.24) is 14.1 Å². The number of hydrogen-bond acceptors (Lipinski definition) is 5. The summed E-state index contributed by atoms with van der Waals surface area (Å²) in [6.45, 7) is 2.47. The second-order valence-corrected chi connectivity index (χ2v) is 8.26. The normalized spacial score (nSPS) is 10.8. The molecule has 4 rings (SSSR count). The van der Waals surface area contributed by atoms with Crippen molar-refractivity contribution in [3.63, 3.8) is 0 Å². The highest BCUT2D eigenvalue weighted by Gasteiger charge is 2.20. The lowest BCUT2D eigenvalue weighted by atomic mass is 10.2. The van der Waals surface area contributed by atoms with Crippen LogP contribution in [0.15, 0.2) is 81.7 Å². The van der Waals surface area contributed by atoms with Gasteiger partial charge >= 0.3 is 5.69 Å². The van der Waals surface area contributed by atoms with Crippen molar-refractivity contribution in [2.45, 2.75) is 20.0 Å². The third kappa shape index (κ3) is 4.63. The summed E-state index contributed by atoms with van der Waals surface area (Å²) in [7, 11) is 0. The van der Waals surface area contributed by atoms with Gasteiger partial charge in [0.05, 0.1) is 5.52 Å². The molecule has 168 valence electrons. The lowest BCUT2D eigenvalue weighted by molar-refractivity contribution is -0.132. The van der Waals surface area contributed by atoms with E-state index in [1.165, 1.54) is 4.57 Å². The van der Waals surface area contributed by atoms with Gasteiger partial charge in [-0.05, 0) is 36.1 Å². The van der Waals surface area contributed by atoms with Gasteiger partial charge in [-0.25, -0.2) is 4.79 Å². The molecule has 0 aliphatic carbocycles. The van der Waals surface area contributed by atoms with Crippen LogP contribution in [0.3, 0.4) is 0 Å². The van der Waals surface area contributed by atoms with Crippen LogP contribution in [0.5, 0.6) is 0 Å². The van der Waals surface area contributed by atoms with Crippen molar-refractivity contribution in [2.24, 2.45) is 0 Å². The molecule has 0 aliphatic heterocycles. The maximum atomic E-state index is 13.2. The Balaban J connectivity index is 1.68. The number of carbonyl (C=O) groups excluding carboxylic acids is 2. The van der Waals surface area contributed by atoms with Gasteiger partial charge in [0.25, 0.3) is 11.5 Å². The topological polar surface area (TPSA) is 93.4 Å². The molecular formula is C24H22N4O4S. The summed E-state index contributed by atoms with van der Waals surface area (Å²) in [6.07, 6.45) is 0. The van der Waals surface area contributed by atoms with Crippen LogP contribution < -0.4 is 16.7 Å². The molecule has 2 aromatic carbocycles. The first kappa shape index (κ1) is 22.2. The monoisotopic (exact) mass is 462 g/mol. The lowest BCUT2D eigenvalue weighted by Crippen LogP contribution is -2.48. The summed E-state index contributed by atoms with van der Waals surface area (Å²) in [4.78, 5) is 53.4. The fraction of sp³-hybridized carbons (Fsp3) is 0.167. The number of likely N-dealkylation sites (N-methyl/N-ethyl adjacent to an activating group) is 1. The van der Waals surface area contributed by atoms with Crippen LogP contribution in [0.25, 0.3) is 10.2 Å². The molecule has 0 saturated carbocycles. The standard InChI is InChI=1S/C24H22N4O4S/c1-2-26(15-17-9-5-3-6-10-17)20(29)16-27-19-13-14-33-21(19)23(31)28(24(27)32)25-22(30)18-11-7-4-8-12-18/h3-14H,2,15-16H2,1H3,(H,25,30). The van der Waals surface area contributed by atoms with Crippen molar-refractivity contribution >= 4 is 33.4 Å². The van der Waals surface area contributed by atoms with Gasteiger partial charge in [-0.3, -0.25) is 24.4 Å². The van der Waals surface area contributed by atoms with E-state index in [2.05, 4.69) is 5.43 Å². The molecule has 1 N–H and O–H groups in total. The Morgan fingerprint density at radius 1 is 0.970 bits per heavy atom. The summed E-state index contributed by atoms with van der Waals surface area (Å²) in [5.41, 5.74) is 2.62. The van der Waals surface area contributed by atoms with E-state index in [1.807, 2.05) is 37.3 Å². The molecule has 0 radical (unpaired) electrons. The maximum absolute atomic E-state index is 13.2. The largest absolute Gasteiger partial charge is 0.351 e. The van der Waals surface area contributed by atoms with Gasteiger partial charge < -0.3 is 4.90 Å². The number of nitrogens with zero attached hydrogens (tertiary/aromatic N) is 3. The van der Waals surface area contributed by atoms with E-state index in [1.54, 1.807) is 46.7 Å². The Bertz CT molecular complexity index is 1410. The van der Waals surface area contributed by atoms with E-state index in [4.69, 9.17) is 0 Å². The quantitative estimate of drug-likeness (QED) is 0.457. The molecule has 0 spiro atoms. The number of amides is 2. The lowest BCUT2D eigenvalue weighted by Gasteiger charge is -2.22. The van der Waals surface area contributed by atoms with E-state index in [9.17, 15) is 19.2 Å². The Labute approximate surface area is 193 Å². The van der Waals surface area contributed by atoms with Crippen LogP contribution in [0.1, 0.15) is 22.8 Å². The summed E-state index contributed by atoms with van der Waals surface area (Å²) in [5.74, 6) is -0.863. The zero-order valence-electron chi connectivity index (χ0n) is 17.9. The van der Waals surface area contributed by atoms with Crippen LogP contribution in [0.4, 0.5) is 0 Å². The average molecular weight is 463 g/mol. The van der Waals surface area contributed by atoms with Crippen LogP contribution >= 0.6 is 11.3 Å². The summed E-state index contributed by atoms with van der Waals surface area (Å²) in [6, 6.07) is 19.5. The second kappa shape index (κ2) is 9.66. The number of carbonyl (C=O) groups is 2. The highest BCUT2D eigenvalue weighted by molar-refractivity contribution is 7.17. The van der Waals surface area contributed by atoms with Crippen molar-refractivity contribution in [1.29, 1.82) is 0 Å². The molecule has 0 aliphatic rings. The molecule has 2 amide bonds. The smallest absolute Gasteiger partial charge is 0.337 e. The number of aromatic nitrogens is 2. The number of rotatable bonds is 7. The maximum Gasteiger partial charge on any atom is 0.351 e. The number of thiophene rings is 1. The van der Waals surface area contributed by atoms with E-state index < -0.39 is 17.2 Å². The summed E-state index contributed by atoms with van der Waals surface area (Å²) in [5, 5.41) is 1.68. The Morgan fingerprint density at radius 2 is 1.64 bits per heavy atom. The van der Waals surface area contributed by atoms with E-state index in [-0.39, 0.29) is 17.2 Å². The number of benzene rings is 2. The molecule has 2 heterocycles. The van der Waals surface area contributed by atoms with Gasteiger partial charge in [0.2, 0.25) is 5.91 Å². The zero-order chi connectivity index (χ0) is 23.4. The number of hydrogen-bond donors (Lipinski definition) is 1. The van der Waals surface area contributed by atoms with Crippen LogP contribution in [-0.4, -0.2) is 32.5 Å². The summed E-state index contributed by atoms with van der Waals surface area (Å²) >= 11 is 1.15. The highest BCUT2D eigenvalue weighted by atomic mass is 32.1. The van der Waals surface area contributed by atoms with Gasteiger partial charge in [-0.15, -0.1) is 11.3 Å². The molecule has 0 unspecified atom stereocenters.